The number of ketones is 1. The molecule has 0 radical (unpaired) electrons. The number of hydrogen-bond donors (Lipinski definition) is 1. The molecular formula is C23H28N2O6. The SMILES string of the molecule is CC(=O)CCCCCCCCOc1cccc2c1C(=O)N(C1CCC(=O)NC1=O)C2=O. The molecule has 1 unspecified atom stereocenters. The van der Waals surface area contributed by atoms with Gasteiger partial charge in [-0.1, -0.05) is 31.7 Å². The highest BCUT2D eigenvalue weighted by atomic mass is 16.5. The Kier molecular flexibility index (Phi) is 7.55. The topological polar surface area (TPSA) is 110 Å². The Morgan fingerprint density at radius 1 is 1.03 bits per heavy atom. The first-order chi connectivity index (χ1) is 14.9. The van der Waals surface area contributed by atoms with Crippen molar-refractivity contribution in [2.24, 2.45) is 0 Å². The van der Waals surface area contributed by atoms with Crippen molar-refractivity contribution < 1.29 is 28.7 Å². The third-order valence-corrected chi connectivity index (χ3v) is 5.61. The molecule has 31 heavy (non-hydrogen) atoms. The molecule has 1 saturated heterocycles. The van der Waals surface area contributed by atoms with Crippen molar-refractivity contribution in [3.8, 4) is 5.75 Å². The van der Waals surface area contributed by atoms with Crippen molar-refractivity contribution in [3.05, 3.63) is 29.3 Å². The number of imide groups is 2. The van der Waals surface area contributed by atoms with E-state index >= 15 is 0 Å². The quantitative estimate of drug-likeness (QED) is 0.429. The number of carbonyl (C=O) groups excluding carboxylic acids is 5. The number of amides is 4. The number of benzene rings is 1. The summed E-state index contributed by atoms with van der Waals surface area (Å²) in [6, 6.07) is 3.87. The first-order valence-electron chi connectivity index (χ1n) is 10.9. The zero-order valence-electron chi connectivity index (χ0n) is 17.8. The Bertz CT molecular complexity index is 894. The molecule has 0 aliphatic carbocycles. The molecule has 0 spiro atoms. The number of nitrogens with one attached hydrogen (secondary N) is 1. The van der Waals surface area contributed by atoms with Crippen molar-refractivity contribution in [3.63, 3.8) is 0 Å². The number of carbonyl (C=O) groups is 5. The van der Waals surface area contributed by atoms with Gasteiger partial charge in [0.25, 0.3) is 11.8 Å². The van der Waals surface area contributed by atoms with Gasteiger partial charge in [-0.3, -0.25) is 29.4 Å². The minimum Gasteiger partial charge on any atom is -0.493 e. The third kappa shape index (κ3) is 5.37. The first-order valence-corrected chi connectivity index (χ1v) is 10.9. The van der Waals surface area contributed by atoms with E-state index in [0.717, 1.165) is 43.4 Å². The molecule has 166 valence electrons. The minimum atomic E-state index is -0.985. The lowest BCUT2D eigenvalue weighted by atomic mass is 10.0. The number of rotatable bonds is 11. The van der Waals surface area contributed by atoms with Crippen LogP contribution in [0.25, 0.3) is 0 Å². The van der Waals surface area contributed by atoms with Gasteiger partial charge in [0.1, 0.15) is 17.6 Å². The second-order valence-electron chi connectivity index (χ2n) is 8.05. The molecule has 4 amide bonds. The van der Waals surface area contributed by atoms with Crippen LogP contribution in [0.5, 0.6) is 5.75 Å². The van der Waals surface area contributed by atoms with Gasteiger partial charge in [0.2, 0.25) is 11.8 Å². The summed E-state index contributed by atoms with van der Waals surface area (Å²) in [7, 11) is 0. The second kappa shape index (κ2) is 10.3. The van der Waals surface area contributed by atoms with Crippen LogP contribution in [0.1, 0.15) is 85.4 Å². The fourth-order valence-electron chi connectivity index (χ4n) is 3.97. The Morgan fingerprint density at radius 2 is 1.74 bits per heavy atom. The molecule has 1 fully saturated rings. The van der Waals surface area contributed by atoms with Gasteiger partial charge < -0.3 is 9.53 Å². The Morgan fingerprint density at radius 3 is 2.45 bits per heavy atom. The van der Waals surface area contributed by atoms with Gasteiger partial charge in [-0.2, -0.15) is 0 Å². The summed E-state index contributed by atoms with van der Waals surface area (Å²) in [6.45, 7) is 2.03. The number of piperidine rings is 1. The summed E-state index contributed by atoms with van der Waals surface area (Å²) in [6.07, 6.45) is 6.74. The Balaban J connectivity index is 1.53. The Hall–Kier alpha value is -3.03. The maximum Gasteiger partial charge on any atom is 0.266 e. The monoisotopic (exact) mass is 428 g/mol. The first kappa shape index (κ1) is 22.7. The van der Waals surface area contributed by atoms with E-state index < -0.39 is 29.7 Å². The average molecular weight is 428 g/mol. The zero-order valence-corrected chi connectivity index (χ0v) is 17.8. The van der Waals surface area contributed by atoms with E-state index in [0.29, 0.717) is 18.8 Å². The largest absolute Gasteiger partial charge is 0.493 e. The summed E-state index contributed by atoms with van der Waals surface area (Å²) in [4.78, 5) is 61.2. The fourth-order valence-corrected chi connectivity index (χ4v) is 3.97. The van der Waals surface area contributed by atoms with Gasteiger partial charge in [-0.25, -0.2) is 0 Å². The van der Waals surface area contributed by atoms with Crippen molar-refractivity contribution >= 4 is 29.4 Å². The van der Waals surface area contributed by atoms with Crippen molar-refractivity contribution in [1.29, 1.82) is 0 Å². The van der Waals surface area contributed by atoms with Crippen LogP contribution >= 0.6 is 0 Å². The number of unbranched alkanes of at least 4 members (excludes halogenated alkanes) is 5. The molecule has 2 heterocycles. The van der Waals surface area contributed by atoms with Gasteiger partial charge in [0, 0.05) is 12.8 Å². The molecule has 0 bridgehead atoms. The predicted molar refractivity (Wildman–Crippen MR) is 112 cm³/mol. The van der Waals surface area contributed by atoms with E-state index in [4.69, 9.17) is 4.74 Å². The van der Waals surface area contributed by atoms with E-state index in [9.17, 15) is 24.0 Å². The normalized spacial score (nSPS) is 18.2. The van der Waals surface area contributed by atoms with Crippen LogP contribution in [-0.4, -0.2) is 47.0 Å². The molecule has 1 aromatic rings. The van der Waals surface area contributed by atoms with Crippen LogP contribution < -0.4 is 10.1 Å². The molecule has 0 saturated carbocycles. The van der Waals surface area contributed by atoms with Crippen molar-refractivity contribution in [2.45, 2.75) is 70.8 Å². The highest BCUT2D eigenvalue weighted by molar-refractivity contribution is 6.24. The Labute approximate surface area is 181 Å². The van der Waals surface area contributed by atoms with Crippen LogP contribution in [0, 0.1) is 0 Å². The molecule has 1 aromatic carbocycles. The highest BCUT2D eigenvalue weighted by Crippen LogP contribution is 2.33. The molecule has 1 atom stereocenters. The second-order valence-corrected chi connectivity index (χ2v) is 8.05. The molecule has 8 nitrogen and oxygen atoms in total. The smallest absolute Gasteiger partial charge is 0.266 e. The maximum atomic E-state index is 13.0. The molecule has 1 N–H and O–H groups in total. The molecule has 2 aliphatic heterocycles. The highest BCUT2D eigenvalue weighted by Gasteiger charge is 2.45. The summed E-state index contributed by atoms with van der Waals surface area (Å²) >= 11 is 0. The number of ether oxygens (including phenoxy) is 1. The predicted octanol–water partition coefficient (Wildman–Crippen LogP) is 2.79. The number of nitrogens with zero attached hydrogens (tertiary/aromatic N) is 1. The number of Topliss-reactive ketones (excluding diaryl/α,β-unsaturated/α-hetero) is 1. The van der Waals surface area contributed by atoms with Crippen LogP contribution in [0.3, 0.4) is 0 Å². The van der Waals surface area contributed by atoms with Crippen molar-refractivity contribution in [2.75, 3.05) is 6.61 Å². The lowest BCUT2D eigenvalue weighted by Crippen LogP contribution is -2.54. The minimum absolute atomic E-state index is 0.0852. The van der Waals surface area contributed by atoms with Crippen LogP contribution in [-0.2, 0) is 14.4 Å². The van der Waals surface area contributed by atoms with Gasteiger partial charge in [0.15, 0.2) is 0 Å². The number of hydrogen-bond acceptors (Lipinski definition) is 6. The van der Waals surface area contributed by atoms with Gasteiger partial charge in [-0.05, 0) is 38.3 Å². The van der Waals surface area contributed by atoms with E-state index in [1.165, 1.54) is 0 Å². The summed E-state index contributed by atoms with van der Waals surface area (Å²) < 4.78 is 5.81. The van der Waals surface area contributed by atoms with Crippen LogP contribution in [0.15, 0.2) is 18.2 Å². The van der Waals surface area contributed by atoms with Gasteiger partial charge in [-0.15, -0.1) is 0 Å². The number of fused-ring (bicyclic) bond motifs is 1. The van der Waals surface area contributed by atoms with E-state index in [-0.39, 0.29) is 29.8 Å². The molecular weight excluding hydrogens is 400 g/mol. The van der Waals surface area contributed by atoms with E-state index in [1.807, 2.05) is 0 Å². The van der Waals surface area contributed by atoms with E-state index in [2.05, 4.69) is 5.32 Å². The lowest BCUT2D eigenvalue weighted by Gasteiger charge is -2.27. The van der Waals surface area contributed by atoms with Crippen LogP contribution in [0.2, 0.25) is 0 Å². The molecule has 3 rings (SSSR count). The lowest BCUT2D eigenvalue weighted by molar-refractivity contribution is -0.136. The summed E-state index contributed by atoms with van der Waals surface area (Å²) in [5.41, 5.74) is 0.402. The van der Waals surface area contributed by atoms with Crippen molar-refractivity contribution in [1.82, 2.24) is 10.2 Å². The van der Waals surface area contributed by atoms with E-state index in [1.54, 1.807) is 25.1 Å². The fraction of sp³-hybridized carbons (Fsp3) is 0.522. The third-order valence-electron chi connectivity index (χ3n) is 5.61. The summed E-state index contributed by atoms with van der Waals surface area (Å²) in [5.74, 6) is -1.56. The van der Waals surface area contributed by atoms with Gasteiger partial charge in [0.05, 0.1) is 17.7 Å². The summed E-state index contributed by atoms with van der Waals surface area (Å²) in [5, 5.41) is 2.19. The standard InChI is InChI=1S/C23H28N2O6/c1-15(26)9-6-4-2-3-5-7-14-31-18-11-8-10-16-20(18)23(30)25(22(16)29)17-12-13-19(27)24-21(17)28/h8,10-11,17H,2-7,9,12-14H2,1H3,(H,24,27,28). The maximum absolute atomic E-state index is 13.0. The van der Waals surface area contributed by atoms with Gasteiger partial charge >= 0.3 is 0 Å². The zero-order chi connectivity index (χ0) is 22.4. The molecule has 2 aliphatic rings. The molecule has 8 heteroatoms. The average Bonchev–Trinajstić information content (AvgIpc) is 2.98. The molecule has 0 aromatic heterocycles. The van der Waals surface area contributed by atoms with Crippen LogP contribution in [0.4, 0.5) is 0 Å².